The number of benzene rings is 2. The van der Waals surface area contributed by atoms with Crippen LogP contribution in [0.25, 0.3) is 11.1 Å². The third-order valence-electron chi connectivity index (χ3n) is 3.58. The Bertz CT molecular complexity index is 573. The van der Waals surface area contributed by atoms with Crippen molar-refractivity contribution in [3.8, 4) is 11.1 Å². The molecule has 3 rings (SSSR count). The molecule has 1 aliphatic heterocycles. The molecule has 0 aromatic heterocycles. The molecule has 1 aliphatic rings. The molecule has 0 unspecified atom stereocenters. The van der Waals surface area contributed by atoms with Crippen LogP contribution in [0.15, 0.2) is 36.4 Å². The monoisotopic (exact) mass is 240 g/mol. The lowest BCUT2D eigenvalue weighted by Gasteiger charge is -2.15. The molecule has 0 bridgehead atoms. The summed E-state index contributed by atoms with van der Waals surface area (Å²) in [6.07, 6.45) is 0. The quantitative estimate of drug-likeness (QED) is 0.873. The fourth-order valence-corrected chi connectivity index (χ4v) is 2.71. The van der Waals surface area contributed by atoms with Gasteiger partial charge in [-0.3, -0.25) is 0 Å². The second-order valence-corrected chi connectivity index (χ2v) is 4.70. The van der Waals surface area contributed by atoms with Crippen LogP contribution in [-0.4, -0.2) is 5.11 Å². The van der Waals surface area contributed by atoms with Crippen LogP contribution in [-0.2, 0) is 24.6 Å². The summed E-state index contributed by atoms with van der Waals surface area (Å²) < 4.78 is 5.58. The summed E-state index contributed by atoms with van der Waals surface area (Å²) in [7, 11) is 0. The standard InChI is InChI=1S/C16H16O2/c1-11-7-13(8-17)16(12-5-3-2-4-6-12)15-10-18-9-14(11)15/h2-7,17H,8-10H2,1H3. The first kappa shape index (κ1) is 11.5. The summed E-state index contributed by atoms with van der Waals surface area (Å²) in [6, 6.07) is 12.3. The number of hydrogen-bond acceptors (Lipinski definition) is 2. The Morgan fingerprint density at radius 1 is 1.11 bits per heavy atom. The molecule has 0 aliphatic carbocycles. The minimum absolute atomic E-state index is 0.0678. The molecule has 0 saturated carbocycles. The highest BCUT2D eigenvalue weighted by Gasteiger charge is 2.21. The van der Waals surface area contributed by atoms with Gasteiger partial charge < -0.3 is 9.84 Å². The molecule has 2 heteroatoms. The zero-order valence-corrected chi connectivity index (χ0v) is 10.4. The van der Waals surface area contributed by atoms with Gasteiger partial charge >= 0.3 is 0 Å². The average Bonchev–Trinajstić information content (AvgIpc) is 2.89. The fourth-order valence-electron chi connectivity index (χ4n) is 2.71. The SMILES string of the molecule is Cc1cc(CO)c(-c2ccccc2)c2c1COC2. The van der Waals surface area contributed by atoms with Crippen LogP contribution in [0.1, 0.15) is 22.3 Å². The maximum Gasteiger partial charge on any atom is 0.0731 e. The van der Waals surface area contributed by atoms with Gasteiger partial charge in [0.05, 0.1) is 19.8 Å². The Hall–Kier alpha value is -1.64. The maximum absolute atomic E-state index is 9.59. The van der Waals surface area contributed by atoms with Gasteiger partial charge in [-0.25, -0.2) is 0 Å². The summed E-state index contributed by atoms with van der Waals surface area (Å²) in [5, 5.41) is 9.59. The summed E-state index contributed by atoms with van der Waals surface area (Å²) in [6.45, 7) is 3.49. The zero-order chi connectivity index (χ0) is 12.5. The fraction of sp³-hybridized carbons (Fsp3) is 0.250. The van der Waals surface area contributed by atoms with Gasteiger partial charge in [0.1, 0.15) is 0 Å². The molecule has 2 nitrogen and oxygen atoms in total. The van der Waals surface area contributed by atoms with Crippen molar-refractivity contribution in [3.05, 3.63) is 58.7 Å². The normalized spacial score (nSPS) is 13.7. The Balaban J connectivity index is 2.28. The number of rotatable bonds is 2. The Morgan fingerprint density at radius 2 is 1.83 bits per heavy atom. The Kier molecular flexibility index (Phi) is 2.90. The van der Waals surface area contributed by atoms with Crippen LogP contribution in [0.3, 0.4) is 0 Å². The highest BCUT2D eigenvalue weighted by atomic mass is 16.5. The average molecular weight is 240 g/mol. The van der Waals surface area contributed by atoms with Crippen LogP contribution in [0, 0.1) is 6.92 Å². The van der Waals surface area contributed by atoms with Crippen molar-refractivity contribution in [1.29, 1.82) is 0 Å². The Morgan fingerprint density at radius 3 is 2.56 bits per heavy atom. The molecule has 2 aromatic rings. The number of aliphatic hydroxyl groups is 1. The molecular weight excluding hydrogens is 224 g/mol. The van der Waals surface area contributed by atoms with Crippen molar-refractivity contribution in [1.82, 2.24) is 0 Å². The van der Waals surface area contributed by atoms with Crippen LogP contribution in [0.2, 0.25) is 0 Å². The maximum atomic E-state index is 9.59. The number of aliphatic hydroxyl groups excluding tert-OH is 1. The molecule has 0 fully saturated rings. The number of hydrogen-bond donors (Lipinski definition) is 1. The first-order chi connectivity index (χ1) is 8.81. The van der Waals surface area contributed by atoms with Crippen molar-refractivity contribution in [3.63, 3.8) is 0 Å². The molecule has 2 aromatic carbocycles. The lowest BCUT2D eigenvalue weighted by atomic mass is 9.90. The van der Waals surface area contributed by atoms with Gasteiger partial charge in [0.15, 0.2) is 0 Å². The van der Waals surface area contributed by atoms with Gasteiger partial charge in [-0.05, 0) is 40.3 Å². The van der Waals surface area contributed by atoms with Crippen molar-refractivity contribution in [2.75, 3.05) is 0 Å². The van der Waals surface area contributed by atoms with E-state index in [-0.39, 0.29) is 6.61 Å². The van der Waals surface area contributed by atoms with Crippen molar-refractivity contribution >= 4 is 0 Å². The van der Waals surface area contributed by atoms with E-state index >= 15 is 0 Å². The highest BCUT2D eigenvalue weighted by Crippen LogP contribution is 2.36. The van der Waals surface area contributed by atoms with Crippen molar-refractivity contribution in [2.24, 2.45) is 0 Å². The number of fused-ring (bicyclic) bond motifs is 1. The predicted molar refractivity (Wildman–Crippen MR) is 71.0 cm³/mol. The van der Waals surface area contributed by atoms with Crippen LogP contribution in [0.4, 0.5) is 0 Å². The minimum Gasteiger partial charge on any atom is -0.392 e. The van der Waals surface area contributed by atoms with Gasteiger partial charge in [-0.2, -0.15) is 0 Å². The number of ether oxygens (including phenoxy) is 1. The van der Waals surface area contributed by atoms with Crippen molar-refractivity contribution in [2.45, 2.75) is 26.7 Å². The summed E-state index contributed by atoms with van der Waals surface area (Å²) in [5.74, 6) is 0. The molecule has 18 heavy (non-hydrogen) atoms. The second kappa shape index (κ2) is 4.56. The third-order valence-corrected chi connectivity index (χ3v) is 3.58. The Labute approximate surface area is 107 Å². The van der Waals surface area contributed by atoms with Crippen LogP contribution < -0.4 is 0 Å². The van der Waals surface area contributed by atoms with E-state index in [0.29, 0.717) is 13.2 Å². The largest absolute Gasteiger partial charge is 0.392 e. The van der Waals surface area contributed by atoms with E-state index in [1.54, 1.807) is 0 Å². The van der Waals surface area contributed by atoms with E-state index in [4.69, 9.17) is 4.74 Å². The summed E-state index contributed by atoms with van der Waals surface area (Å²) in [5.41, 5.74) is 7.03. The molecule has 1 heterocycles. The molecule has 0 radical (unpaired) electrons. The van der Waals surface area contributed by atoms with Gasteiger partial charge in [0, 0.05) is 0 Å². The lowest BCUT2D eigenvalue weighted by molar-refractivity contribution is 0.134. The second-order valence-electron chi connectivity index (χ2n) is 4.70. The van der Waals surface area contributed by atoms with Gasteiger partial charge in [-0.1, -0.05) is 36.4 Å². The third kappa shape index (κ3) is 1.74. The van der Waals surface area contributed by atoms with Gasteiger partial charge in [-0.15, -0.1) is 0 Å². The molecule has 0 saturated heterocycles. The van der Waals surface area contributed by atoms with E-state index in [9.17, 15) is 5.11 Å². The number of aryl methyl sites for hydroxylation is 1. The van der Waals surface area contributed by atoms with E-state index < -0.39 is 0 Å². The van der Waals surface area contributed by atoms with Crippen LogP contribution in [0.5, 0.6) is 0 Å². The van der Waals surface area contributed by atoms with E-state index in [1.807, 2.05) is 18.2 Å². The molecule has 92 valence electrons. The zero-order valence-electron chi connectivity index (χ0n) is 10.4. The van der Waals surface area contributed by atoms with Crippen molar-refractivity contribution < 1.29 is 9.84 Å². The minimum atomic E-state index is 0.0678. The molecular formula is C16H16O2. The molecule has 0 spiro atoms. The topological polar surface area (TPSA) is 29.5 Å². The first-order valence-corrected chi connectivity index (χ1v) is 6.19. The smallest absolute Gasteiger partial charge is 0.0731 e. The molecule has 1 N–H and O–H groups in total. The van der Waals surface area contributed by atoms with Gasteiger partial charge in [0.2, 0.25) is 0 Å². The van der Waals surface area contributed by atoms with Gasteiger partial charge in [0.25, 0.3) is 0 Å². The van der Waals surface area contributed by atoms with E-state index in [1.165, 1.54) is 16.7 Å². The highest BCUT2D eigenvalue weighted by molar-refractivity contribution is 5.73. The van der Waals surface area contributed by atoms with Crippen LogP contribution >= 0.6 is 0 Å². The van der Waals surface area contributed by atoms with E-state index in [0.717, 1.165) is 16.7 Å². The first-order valence-electron chi connectivity index (χ1n) is 6.19. The predicted octanol–water partition coefficient (Wildman–Crippen LogP) is 3.18. The summed E-state index contributed by atoms with van der Waals surface area (Å²) in [4.78, 5) is 0. The molecule has 0 amide bonds. The summed E-state index contributed by atoms with van der Waals surface area (Å²) >= 11 is 0. The lowest BCUT2D eigenvalue weighted by Crippen LogP contribution is -1.99. The van der Waals surface area contributed by atoms with E-state index in [2.05, 4.69) is 25.1 Å². The molecule has 0 atom stereocenters.